The van der Waals surface area contributed by atoms with E-state index in [-0.39, 0.29) is 0 Å². The third kappa shape index (κ3) is 4.84. The highest BCUT2D eigenvalue weighted by Gasteiger charge is 2.19. The Morgan fingerprint density at radius 1 is 1.12 bits per heavy atom. The molecule has 0 bridgehead atoms. The summed E-state index contributed by atoms with van der Waals surface area (Å²) in [5, 5.41) is 0. The van der Waals surface area contributed by atoms with E-state index < -0.39 is 8.07 Å². The first-order valence-corrected chi connectivity index (χ1v) is 13.4. The molecule has 2 aromatic rings. The zero-order valence-electron chi connectivity index (χ0n) is 16.6. The first kappa shape index (κ1) is 19.3. The summed E-state index contributed by atoms with van der Waals surface area (Å²) >= 11 is 0. The van der Waals surface area contributed by atoms with Crippen molar-refractivity contribution < 1.29 is 9.47 Å². The number of fused-ring (bicyclic) bond motifs is 1. The van der Waals surface area contributed by atoms with Crippen LogP contribution in [0.3, 0.4) is 0 Å². The van der Waals surface area contributed by atoms with Gasteiger partial charge in [0.1, 0.15) is 18.6 Å². The second-order valence-corrected chi connectivity index (χ2v) is 14.0. The largest absolute Gasteiger partial charge is 0.479 e. The minimum atomic E-state index is -1.09. The average Bonchev–Trinajstić information content (AvgIpc) is 2.96. The maximum atomic E-state index is 6.06. The van der Waals surface area contributed by atoms with Crippen LogP contribution in [0.5, 0.6) is 5.88 Å². The number of hydrogen-bond donors (Lipinski definition) is 0. The molecule has 3 rings (SSSR count). The maximum absolute atomic E-state index is 6.06. The van der Waals surface area contributed by atoms with E-state index in [4.69, 9.17) is 9.47 Å². The van der Waals surface area contributed by atoms with Crippen molar-refractivity contribution >= 4 is 19.1 Å². The fourth-order valence-corrected chi connectivity index (χ4v) is 4.18. The Balaban J connectivity index is 1.82. The average molecular weight is 377 g/mol. The second kappa shape index (κ2) is 8.50. The number of likely N-dealkylation sites (tertiary alicyclic amines) is 1. The molecule has 2 aromatic heterocycles. The van der Waals surface area contributed by atoms with Gasteiger partial charge in [-0.2, -0.15) is 4.98 Å². The molecule has 1 aliphatic heterocycles. The van der Waals surface area contributed by atoms with Gasteiger partial charge >= 0.3 is 0 Å². The predicted octanol–water partition coefficient (Wildman–Crippen LogP) is 3.74. The summed E-state index contributed by atoms with van der Waals surface area (Å²) in [7, 11) is 0.571. The highest BCUT2D eigenvalue weighted by molar-refractivity contribution is 6.76. The van der Waals surface area contributed by atoms with Crippen LogP contribution in [0.25, 0.3) is 11.0 Å². The second-order valence-electron chi connectivity index (χ2n) is 8.37. The van der Waals surface area contributed by atoms with Gasteiger partial charge in [-0.05, 0) is 38.0 Å². The van der Waals surface area contributed by atoms with Crippen molar-refractivity contribution in [2.45, 2.75) is 58.2 Å². The molecule has 0 spiro atoms. The third-order valence-corrected chi connectivity index (χ3v) is 6.69. The zero-order valence-corrected chi connectivity index (χ0v) is 17.6. The summed E-state index contributed by atoms with van der Waals surface area (Å²) in [5.41, 5.74) is 3.10. The van der Waals surface area contributed by atoms with Crippen LogP contribution in [0.2, 0.25) is 25.7 Å². The van der Waals surface area contributed by atoms with Crippen LogP contribution < -0.4 is 4.74 Å². The van der Waals surface area contributed by atoms with Crippen LogP contribution in [-0.4, -0.2) is 54.3 Å². The molecule has 26 heavy (non-hydrogen) atoms. The summed E-state index contributed by atoms with van der Waals surface area (Å²) in [6.45, 7) is 11.7. The number of piperidine rings is 1. The molecule has 6 nitrogen and oxygen atoms in total. The van der Waals surface area contributed by atoms with Crippen molar-refractivity contribution in [1.29, 1.82) is 0 Å². The molecule has 0 amide bonds. The predicted molar refractivity (Wildman–Crippen MR) is 107 cm³/mol. The lowest BCUT2D eigenvalue weighted by atomic mass is 10.1. The molecule has 144 valence electrons. The summed E-state index contributed by atoms with van der Waals surface area (Å²) in [5.74, 6) is 0.619. The van der Waals surface area contributed by atoms with E-state index in [0.29, 0.717) is 12.6 Å². The lowest BCUT2D eigenvalue weighted by Gasteiger charge is -2.27. The van der Waals surface area contributed by atoms with Crippen LogP contribution in [-0.2, 0) is 18.0 Å². The Morgan fingerprint density at radius 2 is 1.88 bits per heavy atom. The van der Waals surface area contributed by atoms with Gasteiger partial charge in [-0.3, -0.25) is 4.90 Å². The smallest absolute Gasteiger partial charge is 0.241 e. The van der Waals surface area contributed by atoms with Gasteiger partial charge in [0.2, 0.25) is 5.88 Å². The Kier molecular flexibility index (Phi) is 6.32. The van der Waals surface area contributed by atoms with Gasteiger partial charge in [0, 0.05) is 26.9 Å². The Morgan fingerprint density at radius 3 is 2.58 bits per heavy atom. The lowest BCUT2D eigenvalue weighted by Crippen LogP contribution is -2.30. The number of rotatable bonds is 8. The topological polar surface area (TPSA) is 52.4 Å². The van der Waals surface area contributed by atoms with E-state index >= 15 is 0 Å². The molecule has 0 aromatic carbocycles. The molecule has 0 N–H and O–H groups in total. The Labute approximate surface area is 157 Å². The number of aromatic nitrogens is 3. The minimum absolute atomic E-state index is 0.529. The zero-order chi connectivity index (χ0) is 18.6. The highest BCUT2D eigenvalue weighted by atomic mass is 28.3. The van der Waals surface area contributed by atoms with Crippen LogP contribution in [0, 0.1) is 0 Å². The number of methoxy groups -OCH3 is 1. The molecule has 1 aliphatic rings. The van der Waals surface area contributed by atoms with Crippen molar-refractivity contribution in [3.63, 3.8) is 0 Å². The van der Waals surface area contributed by atoms with E-state index in [0.717, 1.165) is 24.2 Å². The third-order valence-electron chi connectivity index (χ3n) is 4.98. The minimum Gasteiger partial charge on any atom is -0.479 e. The van der Waals surface area contributed by atoms with Gasteiger partial charge in [-0.15, -0.1) is 0 Å². The summed E-state index contributed by atoms with van der Waals surface area (Å²) in [6.07, 6.45) is 5.49. The summed E-state index contributed by atoms with van der Waals surface area (Å²) < 4.78 is 13.8. The van der Waals surface area contributed by atoms with Gasteiger partial charge in [-0.25, -0.2) is 4.98 Å². The Bertz CT molecular complexity index is 720. The lowest BCUT2D eigenvalue weighted by molar-refractivity contribution is 0.0855. The molecule has 0 unspecified atom stereocenters. The first-order chi connectivity index (χ1) is 12.5. The van der Waals surface area contributed by atoms with Gasteiger partial charge in [-0.1, -0.05) is 26.1 Å². The normalized spacial score (nSPS) is 16.3. The SMILES string of the molecule is COc1ncnc2cc(CN3CCCCC3)n(COCC[Si](C)(C)C)c12. The van der Waals surface area contributed by atoms with Crippen molar-refractivity contribution in [2.24, 2.45) is 0 Å². The number of nitrogens with zero attached hydrogens (tertiary/aromatic N) is 4. The van der Waals surface area contributed by atoms with Crippen LogP contribution in [0.15, 0.2) is 12.4 Å². The van der Waals surface area contributed by atoms with E-state index in [1.54, 1.807) is 13.4 Å². The molecule has 7 heteroatoms. The Hall–Kier alpha value is -1.44. The van der Waals surface area contributed by atoms with Crippen LogP contribution >= 0.6 is 0 Å². The summed E-state index contributed by atoms with van der Waals surface area (Å²) in [6, 6.07) is 3.33. The quantitative estimate of drug-likeness (QED) is 0.519. The van der Waals surface area contributed by atoms with Crippen molar-refractivity contribution in [2.75, 3.05) is 26.8 Å². The fourth-order valence-electron chi connectivity index (χ4n) is 3.42. The molecule has 0 radical (unpaired) electrons. The fraction of sp³-hybridized carbons (Fsp3) is 0.684. The molecule has 1 saturated heterocycles. The molecule has 0 aliphatic carbocycles. The molecule has 0 atom stereocenters. The molecule has 0 saturated carbocycles. The van der Waals surface area contributed by atoms with Gasteiger partial charge in [0.25, 0.3) is 0 Å². The molecular formula is C19H32N4O2Si. The van der Waals surface area contributed by atoms with Crippen LogP contribution in [0.4, 0.5) is 0 Å². The van der Waals surface area contributed by atoms with Gasteiger partial charge in [0.15, 0.2) is 0 Å². The molecule has 3 heterocycles. The van der Waals surface area contributed by atoms with Gasteiger partial charge < -0.3 is 14.0 Å². The number of hydrogen-bond acceptors (Lipinski definition) is 5. The van der Waals surface area contributed by atoms with Crippen LogP contribution in [0.1, 0.15) is 25.0 Å². The summed E-state index contributed by atoms with van der Waals surface area (Å²) in [4.78, 5) is 11.3. The first-order valence-electron chi connectivity index (χ1n) is 9.65. The van der Waals surface area contributed by atoms with E-state index in [1.807, 2.05) is 0 Å². The molecule has 1 fully saturated rings. The number of ether oxygens (including phenoxy) is 2. The van der Waals surface area contributed by atoms with Crippen molar-refractivity contribution in [3.8, 4) is 5.88 Å². The van der Waals surface area contributed by atoms with Crippen molar-refractivity contribution in [3.05, 3.63) is 18.1 Å². The molecular weight excluding hydrogens is 344 g/mol. The van der Waals surface area contributed by atoms with Crippen molar-refractivity contribution in [1.82, 2.24) is 19.4 Å². The standard InChI is InChI=1S/C19H32N4O2Si/c1-24-19-18-17(20-14-21-19)12-16(13-22-8-6-5-7-9-22)23(18)15-25-10-11-26(2,3)4/h12,14H,5-11,13,15H2,1-4H3. The van der Waals surface area contributed by atoms with Gasteiger partial charge in [0.05, 0.1) is 12.6 Å². The van der Waals surface area contributed by atoms with E-state index in [1.165, 1.54) is 44.1 Å². The van der Waals surface area contributed by atoms with E-state index in [2.05, 4.69) is 45.1 Å². The maximum Gasteiger partial charge on any atom is 0.241 e. The monoisotopic (exact) mass is 376 g/mol. The van der Waals surface area contributed by atoms with E-state index in [9.17, 15) is 0 Å². The highest BCUT2D eigenvalue weighted by Crippen LogP contribution is 2.27.